The first-order valence-corrected chi connectivity index (χ1v) is 6.57. The van der Waals surface area contributed by atoms with E-state index in [2.05, 4.69) is 0 Å². The predicted molar refractivity (Wildman–Crippen MR) is 76.3 cm³/mol. The van der Waals surface area contributed by atoms with Gasteiger partial charge in [0.25, 0.3) is 0 Å². The highest BCUT2D eigenvalue weighted by atomic mass is 35.5. The molecule has 1 rings (SSSR count). The molecule has 1 aromatic carbocycles. The van der Waals surface area contributed by atoms with E-state index in [0.29, 0.717) is 11.0 Å². The van der Waals surface area contributed by atoms with E-state index in [1.165, 1.54) is 0 Å². The number of aliphatic hydroxyl groups excluding tert-OH is 1. The van der Waals surface area contributed by atoms with Gasteiger partial charge in [-0.3, -0.25) is 4.79 Å². The Labute approximate surface area is 132 Å². The number of nitrogens with zero attached hydrogens (tertiary/aromatic N) is 1. The van der Waals surface area contributed by atoms with Crippen molar-refractivity contribution in [3.05, 3.63) is 29.8 Å². The summed E-state index contributed by atoms with van der Waals surface area (Å²) in [5.74, 6) is 0.375. The highest BCUT2D eigenvalue weighted by Crippen LogP contribution is 2.12. The Morgan fingerprint density at radius 1 is 1.24 bits per heavy atom. The van der Waals surface area contributed by atoms with Crippen LogP contribution in [0.25, 0.3) is 0 Å². The molecule has 0 saturated heterocycles. The van der Waals surface area contributed by atoms with Crippen molar-refractivity contribution in [2.24, 2.45) is 0 Å². The first-order valence-electron chi connectivity index (χ1n) is 6.57. The van der Waals surface area contributed by atoms with Gasteiger partial charge < -0.3 is 31.5 Å². The van der Waals surface area contributed by atoms with E-state index >= 15 is 0 Å². The fourth-order valence-electron chi connectivity index (χ4n) is 1.83. The van der Waals surface area contributed by atoms with Gasteiger partial charge in [-0.15, -0.1) is 0 Å². The number of carbonyl (C=O) groups is 1. The van der Waals surface area contributed by atoms with Gasteiger partial charge in [0.1, 0.15) is 25.0 Å². The normalized spacial score (nSPS) is 12.2. The van der Waals surface area contributed by atoms with Crippen LogP contribution in [0.5, 0.6) is 5.75 Å². The lowest BCUT2D eigenvalue weighted by Crippen LogP contribution is -3.00. The minimum atomic E-state index is -0.682. The molecule has 1 N–H and O–H groups in total. The minimum Gasteiger partial charge on any atom is -1.00 e. The van der Waals surface area contributed by atoms with E-state index in [1.54, 1.807) is 7.11 Å². The Morgan fingerprint density at radius 2 is 1.81 bits per heavy atom. The molecule has 1 atom stereocenters. The van der Waals surface area contributed by atoms with Crippen molar-refractivity contribution >= 4 is 5.97 Å². The molecule has 1 aromatic rings. The molecular formula is C15H24ClNO4. The SMILES string of the molecule is COc1ccc(COC(=O)C[C@@H](O)C[N+](C)(C)C)cc1.[Cl-]. The van der Waals surface area contributed by atoms with E-state index < -0.39 is 6.10 Å². The van der Waals surface area contributed by atoms with Crippen LogP contribution in [-0.2, 0) is 16.1 Å². The number of halogens is 1. The third-order valence-corrected chi connectivity index (χ3v) is 2.72. The number of aliphatic hydroxyl groups is 1. The minimum absolute atomic E-state index is 0. The summed E-state index contributed by atoms with van der Waals surface area (Å²) in [5.41, 5.74) is 0.889. The number of benzene rings is 1. The lowest BCUT2D eigenvalue weighted by atomic mass is 10.2. The number of esters is 1. The van der Waals surface area contributed by atoms with Crippen LogP contribution in [0.1, 0.15) is 12.0 Å². The van der Waals surface area contributed by atoms with Crippen molar-refractivity contribution in [1.29, 1.82) is 0 Å². The summed E-state index contributed by atoms with van der Waals surface area (Å²) in [6, 6.07) is 7.31. The van der Waals surface area contributed by atoms with E-state index in [9.17, 15) is 9.90 Å². The molecule has 0 aliphatic carbocycles. The number of ether oxygens (including phenoxy) is 2. The third kappa shape index (κ3) is 8.55. The van der Waals surface area contributed by atoms with E-state index in [0.717, 1.165) is 11.3 Å². The number of rotatable bonds is 7. The van der Waals surface area contributed by atoms with Crippen molar-refractivity contribution in [3.8, 4) is 5.75 Å². The summed E-state index contributed by atoms with van der Waals surface area (Å²) in [6.45, 7) is 0.720. The van der Waals surface area contributed by atoms with Crippen LogP contribution >= 0.6 is 0 Å². The molecule has 0 saturated carbocycles. The zero-order valence-electron chi connectivity index (χ0n) is 13.0. The molecule has 120 valence electrons. The molecule has 0 radical (unpaired) electrons. The number of hydrogen-bond donors (Lipinski definition) is 1. The maximum absolute atomic E-state index is 11.6. The molecule has 0 spiro atoms. The molecule has 21 heavy (non-hydrogen) atoms. The molecule has 0 bridgehead atoms. The van der Waals surface area contributed by atoms with Crippen LogP contribution in [0.2, 0.25) is 0 Å². The second kappa shape index (κ2) is 8.87. The standard InChI is InChI=1S/C15H24NO4.ClH/c1-16(2,3)10-13(17)9-15(18)20-11-12-5-7-14(19-4)8-6-12;/h5-8,13,17H,9-11H2,1-4H3;1H/q+1;/p-1/t13-;/m1./s1. The van der Waals surface area contributed by atoms with Crippen molar-refractivity contribution in [3.63, 3.8) is 0 Å². The Kier molecular flexibility index (Phi) is 8.32. The van der Waals surface area contributed by atoms with Crippen molar-refractivity contribution in [2.75, 3.05) is 34.8 Å². The number of carbonyl (C=O) groups excluding carboxylic acids is 1. The van der Waals surface area contributed by atoms with E-state index in [4.69, 9.17) is 9.47 Å². The topological polar surface area (TPSA) is 55.8 Å². The summed E-state index contributed by atoms with van der Waals surface area (Å²) >= 11 is 0. The van der Waals surface area contributed by atoms with Gasteiger partial charge in [0.2, 0.25) is 0 Å². The second-order valence-electron chi connectivity index (χ2n) is 5.84. The van der Waals surface area contributed by atoms with E-state index in [-0.39, 0.29) is 31.4 Å². The second-order valence-corrected chi connectivity index (χ2v) is 5.84. The predicted octanol–water partition coefficient (Wildman–Crippen LogP) is -1.80. The van der Waals surface area contributed by atoms with Gasteiger partial charge in [0, 0.05) is 0 Å². The van der Waals surface area contributed by atoms with Crippen LogP contribution in [0.15, 0.2) is 24.3 Å². The molecule has 0 aromatic heterocycles. The number of hydrogen-bond acceptors (Lipinski definition) is 4. The Balaban J connectivity index is 0.00000400. The monoisotopic (exact) mass is 317 g/mol. The average molecular weight is 318 g/mol. The molecule has 0 amide bonds. The zero-order valence-corrected chi connectivity index (χ0v) is 13.8. The van der Waals surface area contributed by atoms with Crippen LogP contribution in [0, 0.1) is 0 Å². The van der Waals surface area contributed by atoms with Gasteiger partial charge in [-0.25, -0.2) is 0 Å². The number of likely N-dealkylation sites (N-methyl/N-ethyl adjacent to an activating group) is 1. The van der Waals surface area contributed by atoms with Gasteiger partial charge in [-0.05, 0) is 17.7 Å². The van der Waals surface area contributed by atoms with Crippen LogP contribution in [-0.4, -0.2) is 56.5 Å². The van der Waals surface area contributed by atoms with Crippen molar-refractivity contribution in [2.45, 2.75) is 19.1 Å². The Bertz CT molecular complexity index is 428. The maximum atomic E-state index is 11.6. The summed E-state index contributed by atoms with van der Waals surface area (Å²) in [7, 11) is 7.49. The highest BCUT2D eigenvalue weighted by Gasteiger charge is 2.19. The van der Waals surface area contributed by atoms with Gasteiger partial charge in [0.05, 0.1) is 34.7 Å². The van der Waals surface area contributed by atoms with Crippen molar-refractivity contribution < 1.29 is 36.3 Å². The largest absolute Gasteiger partial charge is 1.00 e. The fourth-order valence-corrected chi connectivity index (χ4v) is 1.83. The van der Waals surface area contributed by atoms with Crippen LogP contribution in [0.3, 0.4) is 0 Å². The smallest absolute Gasteiger partial charge is 0.308 e. The fraction of sp³-hybridized carbons (Fsp3) is 0.533. The molecule has 0 fully saturated rings. The lowest BCUT2D eigenvalue weighted by molar-refractivity contribution is -0.873. The summed E-state index contributed by atoms with van der Waals surface area (Å²) in [4.78, 5) is 11.6. The lowest BCUT2D eigenvalue weighted by Gasteiger charge is -2.26. The summed E-state index contributed by atoms with van der Waals surface area (Å²) in [6.07, 6.45) is -0.663. The number of methoxy groups -OCH3 is 1. The van der Waals surface area contributed by atoms with Crippen molar-refractivity contribution in [1.82, 2.24) is 0 Å². The van der Waals surface area contributed by atoms with Gasteiger partial charge >= 0.3 is 5.97 Å². The zero-order chi connectivity index (χ0) is 15.2. The maximum Gasteiger partial charge on any atom is 0.308 e. The number of quaternary nitrogens is 1. The first-order chi connectivity index (χ1) is 9.30. The third-order valence-electron chi connectivity index (χ3n) is 2.72. The molecular weight excluding hydrogens is 294 g/mol. The van der Waals surface area contributed by atoms with Crippen LogP contribution in [0.4, 0.5) is 0 Å². The van der Waals surface area contributed by atoms with Gasteiger partial charge in [0.15, 0.2) is 0 Å². The summed E-state index contributed by atoms with van der Waals surface area (Å²) in [5, 5.41) is 9.79. The van der Waals surface area contributed by atoms with Gasteiger partial charge in [-0.1, -0.05) is 12.1 Å². The molecule has 0 aliphatic rings. The van der Waals surface area contributed by atoms with E-state index in [1.807, 2.05) is 45.4 Å². The van der Waals surface area contributed by atoms with Crippen LogP contribution < -0.4 is 17.1 Å². The Hall–Kier alpha value is -1.30. The molecule has 0 aliphatic heterocycles. The Morgan fingerprint density at radius 3 is 2.29 bits per heavy atom. The summed E-state index contributed by atoms with van der Waals surface area (Å²) < 4.78 is 10.8. The van der Waals surface area contributed by atoms with Gasteiger partial charge in [-0.2, -0.15) is 0 Å². The molecule has 0 heterocycles. The highest BCUT2D eigenvalue weighted by molar-refractivity contribution is 5.69. The molecule has 5 nitrogen and oxygen atoms in total. The quantitative estimate of drug-likeness (QED) is 0.476. The molecule has 6 heteroatoms. The first kappa shape index (κ1) is 19.7. The molecule has 0 unspecified atom stereocenters. The average Bonchev–Trinajstić information content (AvgIpc) is 2.34.